The third-order valence-electron chi connectivity index (χ3n) is 6.27. The van der Waals surface area contributed by atoms with E-state index in [1.165, 1.54) is 24.5 Å². The maximum atomic E-state index is 14.5. The summed E-state index contributed by atoms with van der Waals surface area (Å²) in [5, 5.41) is 9.81. The second kappa shape index (κ2) is 12.9. The first kappa shape index (κ1) is 28.8. The van der Waals surface area contributed by atoms with Gasteiger partial charge >= 0.3 is 7.60 Å². The number of rotatable bonds is 11. The van der Waals surface area contributed by atoms with Gasteiger partial charge in [-0.3, -0.25) is 4.52 Å². The minimum absolute atomic E-state index is 0.0119. The molecule has 4 atom stereocenters. The highest BCUT2D eigenvalue weighted by Gasteiger charge is 2.36. The molecule has 1 fully saturated rings. The number of para-hydroxylation sites is 1. The van der Waals surface area contributed by atoms with Crippen LogP contribution in [0.15, 0.2) is 61.2 Å². The molecule has 10 nitrogen and oxygen atoms in total. The average Bonchev–Trinajstić information content (AvgIpc) is 3.37. The first-order valence-corrected chi connectivity index (χ1v) is 16.7. The van der Waals surface area contributed by atoms with Gasteiger partial charge in [-0.25, -0.2) is 23.9 Å². The molecule has 2 aromatic carbocycles. The molecule has 0 aliphatic carbocycles. The summed E-state index contributed by atoms with van der Waals surface area (Å²) in [4.78, 5) is 12.4. The number of halogens is 1. The Morgan fingerprint density at radius 3 is 2.83 bits per heavy atom. The minimum atomic E-state index is -3.98. The largest absolute Gasteiger partial charge is 0.420 e. The number of imidazole rings is 1. The maximum Gasteiger partial charge on any atom is 0.405 e. The normalized spacial score (nSPS) is 19.8. The van der Waals surface area contributed by atoms with E-state index in [4.69, 9.17) is 19.5 Å². The summed E-state index contributed by atoms with van der Waals surface area (Å²) in [5.74, 6) is 0.0156. The Bertz CT molecular complexity index is 1510. The summed E-state index contributed by atoms with van der Waals surface area (Å²) in [6.45, 7) is 2.07. The van der Waals surface area contributed by atoms with Gasteiger partial charge in [0.25, 0.3) is 0 Å². The molecule has 3 heterocycles. The SMILES string of the molecule is C[C@H](Cn1cnc2c(N)ncnc21)OCP(=O)(Oc1ccccc1F)OC1CSSC(c2ccccc2CO)C1. The topological polar surface area (TPSA) is 135 Å². The minimum Gasteiger partial charge on any atom is -0.420 e. The van der Waals surface area contributed by atoms with E-state index in [-0.39, 0.29) is 23.4 Å². The molecule has 40 heavy (non-hydrogen) atoms. The Labute approximate surface area is 238 Å². The predicted molar refractivity (Wildman–Crippen MR) is 154 cm³/mol. The van der Waals surface area contributed by atoms with Crippen LogP contribution in [0.1, 0.15) is 29.7 Å². The third kappa shape index (κ3) is 6.79. The molecule has 1 aliphatic rings. The van der Waals surface area contributed by atoms with E-state index in [2.05, 4.69) is 15.0 Å². The summed E-state index contributed by atoms with van der Waals surface area (Å²) in [5.41, 5.74) is 8.75. The van der Waals surface area contributed by atoms with Crippen molar-refractivity contribution in [1.82, 2.24) is 19.5 Å². The molecule has 212 valence electrons. The molecule has 0 spiro atoms. The number of benzene rings is 2. The second-order valence-corrected chi connectivity index (χ2v) is 13.7. The lowest BCUT2D eigenvalue weighted by Crippen LogP contribution is -2.24. The predicted octanol–water partition coefficient (Wildman–Crippen LogP) is 5.59. The molecule has 1 aliphatic heterocycles. The molecule has 0 bridgehead atoms. The van der Waals surface area contributed by atoms with Crippen LogP contribution in [-0.4, -0.2) is 48.9 Å². The van der Waals surface area contributed by atoms with Crippen molar-refractivity contribution in [3.63, 3.8) is 0 Å². The monoisotopic (exact) mass is 605 g/mol. The van der Waals surface area contributed by atoms with Crippen molar-refractivity contribution < 1.29 is 27.8 Å². The molecule has 3 N–H and O–H groups in total. The van der Waals surface area contributed by atoms with Crippen LogP contribution in [0.2, 0.25) is 0 Å². The number of hydrogen-bond acceptors (Lipinski definition) is 11. The number of aliphatic hydroxyl groups excluding tert-OH is 1. The van der Waals surface area contributed by atoms with Gasteiger partial charge in [0.05, 0.1) is 31.7 Å². The fourth-order valence-electron chi connectivity index (χ4n) is 4.34. The summed E-state index contributed by atoms with van der Waals surface area (Å²) < 4.78 is 48.1. The maximum absolute atomic E-state index is 14.5. The summed E-state index contributed by atoms with van der Waals surface area (Å²) in [6.07, 6.45) is 2.20. The number of nitrogen functional groups attached to an aromatic ring is 1. The van der Waals surface area contributed by atoms with Crippen LogP contribution in [0.4, 0.5) is 10.2 Å². The number of anilines is 1. The zero-order chi connectivity index (χ0) is 28.1. The summed E-state index contributed by atoms with van der Waals surface area (Å²) >= 11 is 0. The Morgan fingerprint density at radius 1 is 1.20 bits per heavy atom. The van der Waals surface area contributed by atoms with Crippen molar-refractivity contribution >= 4 is 46.2 Å². The number of nitrogens with two attached hydrogens (primary N) is 1. The molecule has 1 saturated heterocycles. The second-order valence-electron chi connectivity index (χ2n) is 9.26. The van der Waals surface area contributed by atoms with Crippen molar-refractivity contribution in [2.75, 3.05) is 17.8 Å². The van der Waals surface area contributed by atoms with Crippen LogP contribution < -0.4 is 10.3 Å². The Kier molecular flexibility index (Phi) is 9.29. The van der Waals surface area contributed by atoms with Crippen LogP contribution in [0, 0.1) is 5.82 Å². The molecule has 4 aromatic rings. The van der Waals surface area contributed by atoms with E-state index in [9.17, 15) is 14.1 Å². The van der Waals surface area contributed by atoms with Crippen molar-refractivity contribution in [2.45, 2.75) is 44.0 Å². The lowest BCUT2D eigenvalue weighted by molar-refractivity contribution is 0.0670. The van der Waals surface area contributed by atoms with Crippen molar-refractivity contribution in [3.8, 4) is 5.75 Å². The van der Waals surface area contributed by atoms with Crippen LogP contribution >= 0.6 is 29.2 Å². The summed E-state index contributed by atoms with van der Waals surface area (Å²) in [7, 11) is -0.707. The zero-order valence-electron chi connectivity index (χ0n) is 21.6. The highest BCUT2D eigenvalue weighted by Crippen LogP contribution is 2.55. The van der Waals surface area contributed by atoms with Crippen molar-refractivity contribution in [2.24, 2.45) is 0 Å². The number of nitrogens with zero attached hydrogens (tertiary/aromatic N) is 4. The fraction of sp³-hybridized carbons (Fsp3) is 0.346. The highest BCUT2D eigenvalue weighted by molar-refractivity contribution is 8.76. The smallest absolute Gasteiger partial charge is 0.405 e. The quantitative estimate of drug-likeness (QED) is 0.164. The van der Waals surface area contributed by atoms with E-state index in [0.29, 0.717) is 29.9 Å². The van der Waals surface area contributed by atoms with Gasteiger partial charge in [-0.05, 0) is 36.6 Å². The van der Waals surface area contributed by atoms with Crippen molar-refractivity contribution in [1.29, 1.82) is 0 Å². The zero-order valence-corrected chi connectivity index (χ0v) is 24.2. The van der Waals surface area contributed by atoms with Gasteiger partial charge in [0.15, 0.2) is 29.4 Å². The Balaban J connectivity index is 1.31. The number of aromatic nitrogens is 4. The van der Waals surface area contributed by atoms with Crippen LogP contribution in [-0.2, 0) is 27.0 Å². The lowest BCUT2D eigenvalue weighted by Gasteiger charge is -2.32. The average molecular weight is 606 g/mol. The Morgan fingerprint density at radius 2 is 2.00 bits per heavy atom. The molecule has 0 saturated carbocycles. The molecule has 3 unspecified atom stereocenters. The van der Waals surface area contributed by atoms with E-state index in [1.807, 2.05) is 24.3 Å². The number of ether oxygens (including phenoxy) is 1. The Hall–Kier alpha value is -2.67. The molecule has 5 rings (SSSR count). The summed E-state index contributed by atoms with van der Waals surface area (Å²) in [6, 6.07) is 13.4. The van der Waals surface area contributed by atoms with E-state index in [0.717, 1.165) is 11.1 Å². The van der Waals surface area contributed by atoms with Gasteiger partial charge in [0, 0.05) is 11.0 Å². The van der Waals surface area contributed by atoms with Gasteiger partial charge < -0.3 is 24.7 Å². The van der Waals surface area contributed by atoms with E-state index < -0.39 is 32.0 Å². The number of aliphatic hydroxyl groups is 1. The molecule has 14 heteroatoms. The van der Waals surface area contributed by atoms with Gasteiger partial charge in [-0.2, -0.15) is 0 Å². The highest BCUT2D eigenvalue weighted by atomic mass is 33.1. The van der Waals surface area contributed by atoms with Crippen LogP contribution in [0.25, 0.3) is 11.2 Å². The molecule has 0 radical (unpaired) electrons. The number of fused-ring (bicyclic) bond motifs is 1. The van der Waals surface area contributed by atoms with Gasteiger partial charge in [0.2, 0.25) is 0 Å². The van der Waals surface area contributed by atoms with Crippen molar-refractivity contribution in [3.05, 3.63) is 78.1 Å². The van der Waals surface area contributed by atoms with E-state index in [1.54, 1.807) is 45.5 Å². The van der Waals surface area contributed by atoms with Gasteiger partial charge in [-0.15, -0.1) is 0 Å². The molecule has 2 aromatic heterocycles. The molecule has 0 amide bonds. The first-order valence-electron chi connectivity index (χ1n) is 12.6. The van der Waals surface area contributed by atoms with Crippen LogP contribution in [0.5, 0.6) is 5.75 Å². The molecular formula is C26H29FN5O5PS2. The standard InChI is InChI=1S/C26H29FN5O5PS2/c1-17(11-32-15-31-24-25(28)29-14-30-26(24)32)35-16-38(34,37-22-9-5-4-8-21(22)27)36-19-10-23(40-39-13-19)20-7-3-2-6-18(20)12-33/h2-9,14-15,17,19,23,33H,10-13,16H2,1H3,(H2,28,29,30)/t17-,19?,23?,38?/m1/s1. The molecular weight excluding hydrogens is 576 g/mol. The van der Waals surface area contributed by atoms with Crippen LogP contribution in [0.3, 0.4) is 0 Å². The first-order chi connectivity index (χ1) is 19.3. The number of hydrogen-bond donors (Lipinski definition) is 2. The lowest BCUT2D eigenvalue weighted by atomic mass is 10.0. The van der Waals surface area contributed by atoms with Gasteiger partial charge in [-0.1, -0.05) is 58.0 Å². The fourth-order valence-corrected chi connectivity index (χ4v) is 9.06. The van der Waals surface area contributed by atoms with Gasteiger partial charge in [0.1, 0.15) is 11.8 Å². The third-order valence-corrected chi connectivity index (χ3v) is 10.7. The van der Waals surface area contributed by atoms with E-state index >= 15 is 0 Å².